The number of benzene rings is 1. The minimum absolute atomic E-state index is 0.117. The Bertz CT molecular complexity index is 594. The smallest absolute Gasteiger partial charge is 0.243 e. The number of hydrogen-bond acceptors (Lipinski definition) is 3. The molecule has 0 aliphatic carbocycles. The minimum atomic E-state index is -3.39. The Balaban J connectivity index is 1.93. The molecule has 2 fully saturated rings. The topological polar surface area (TPSA) is 49.4 Å². The predicted octanol–water partition coefficient (Wildman–Crippen LogP) is 2.29. The number of nitrogens with one attached hydrogen (secondary N) is 1. The van der Waals surface area contributed by atoms with Crippen LogP contribution in [0.5, 0.6) is 0 Å². The molecule has 21 heavy (non-hydrogen) atoms. The van der Waals surface area contributed by atoms with Crippen LogP contribution in [0.2, 0.25) is 0 Å². The third-order valence-corrected chi connectivity index (χ3v) is 6.83. The summed E-state index contributed by atoms with van der Waals surface area (Å²) in [6.45, 7) is 3.54. The van der Waals surface area contributed by atoms with Crippen molar-refractivity contribution >= 4 is 10.0 Å². The monoisotopic (exact) mass is 308 g/mol. The Morgan fingerprint density at radius 2 is 1.95 bits per heavy atom. The molecule has 3 rings (SSSR count). The highest BCUT2D eigenvalue weighted by Crippen LogP contribution is 2.30. The largest absolute Gasteiger partial charge is 0.312 e. The lowest BCUT2D eigenvalue weighted by molar-refractivity contribution is 0.211. The van der Waals surface area contributed by atoms with Gasteiger partial charge < -0.3 is 5.32 Å². The number of rotatable bonds is 3. The van der Waals surface area contributed by atoms with Crippen molar-refractivity contribution in [3.8, 4) is 0 Å². The van der Waals surface area contributed by atoms with Crippen LogP contribution in [-0.4, -0.2) is 37.9 Å². The van der Waals surface area contributed by atoms with E-state index in [1.165, 1.54) is 0 Å². The molecule has 2 atom stereocenters. The van der Waals surface area contributed by atoms with Crippen molar-refractivity contribution in [2.45, 2.75) is 56.0 Å². The van der Waals surface area contributed by atoms with E-state index in [0.717, 1.165) is 44.2 Å². The number of sulfonamides is 1. The molecule has 0 aromatic heterocycles. The summed E-state index contributed by atoms with van der Waals surface area (Å²) in [5.41, 5.74) is 0.834. The summed E-state index contributed by atoms with van der Waals surface area (Å²) in [7, 11) is -3.39. The molecule has 0 spiro atoms. The van der Waals surface area contributed by atoms with Gasteiger partial charge in [-0.3, -0.25) is 0 Å². The first-order valence-corrected chi connectivity index (χ1v) is 9.35. The van der Waals surface area contributed by atoms with Gasteiger partial charge in [-0.25, -0.2) is 8.42 Å². The Morgan fingerprint density at radius 1 is 1.14 bits per heavy atom. The fraction of sp³-hybridized carbons (Fsp3) is 0.625. The molecule has 0 radical (unpaired) electrons. The Hall–Kier alpha value is -0.910. The maximum Gasteiger partial charge on any atom is 0.243 e. The van der Waals surface area contributed by atoms with Gasteiger partial charge in [0.2, 0.25) is 10.0 Å². The first-order valence-electron chi connectivity index (χ1n) is 7.91. The minimum Gasteiger partial charge on any atom is -0.312 e. The molecular formula is C16H24N2O2S. The van der Waals surface area contributed by atoms with Gasteiger partial charge in [-0.15, -0.1) is 0 Å². The molecule has 1 aromatic rings. The molecule has 1 aromatic carbocycles. The van der Waals surface area contributed by atoms with Crippen molar-refractivity contribution < 1.29 is 8.42 Å². The summed E-state index contributed by atoms with van der Waals surface area (Å²) in [6, 6.07) is 7.75. The van der Waals surface area contributed by atoms with Crippen LogP contribution in [-0.2, 0) is 10.0 Å². The number of aryl methyl sites for hydroxylation is 1. The first kappa shape index (κ1) is 15.0. The molecule has 0 amide bonds. The van der Waals surface area contributed by atoms with Gasteiger partial charge in [-0.1, -0.05) is 24.6 Å². The van der Waals surface area contributed by atoms with Crippen LogP contribution in [0.4, 0.5) is 0 Å². The third kappa shape index (κ3) is 2.87. The highest BCUT2D eigenvalue weighted by Gasteiger charge is 2.39. The first-order chi connectivity index (χ1) is 10.1. The fourth-order valence-electron chi connectivity index (χ4n) is 3.64. The quantitative estimate of drug-likeness (QED) is 0.932. The molecule has 116 valence electrons. The van der Waals surface area contributed by atoms with E-state index in [0.29, 0.717) is 17.5 Å². The molecule has 2 heterocycles. The molecule has 2 aliphatic heterocycles. The standard InChI is InChI=1S/C16H24N2O2S/c1-13-7-2-3-10-16(13)21(19,20)18-12-5-4-9-15(18)14-8-6-11-17-14/h2-3,7,10,14-15,17H,4-6,8-9,11-12H2,1H3. The van der Waals surface area contributed by atoms with Gasteiger partial charge in [0.05, 0.1) is 4.90 Å². The van der Waals surface area contributed by atoms with Gasteiger partial charge in [-0.05, 0) is 50.8 Å². The summed E-state index contributed by atoms with van der Waals surface area (Å²) in [5, 5.41) is 3.49. The van der Waals surface area contributed by atoms with Crippen molar-refractivity contribution in [2.24, 2.45) is 0 Å². The Kier molecular flexibility index (Phi) is 4.33. The van der Waals surface area contributed by atoms with E-state index in [1.54, 1.807) is 10.4 Å². The summed E-state index contributed by atoms with van der Waals surface area (Å²) in [5.74, 6) is 0. The molecule has 5 heteroatoms. The van der Waals surface area contributed by atoms with Gasteiger partial charge in [0.1, 0.15) is 0 Å². The lowest BCUT2D eigenvalue weighted by atomic mass is 9.97. The summed E-state index contributed by atoms with van der Waals surface area (Å²) >= 11 is 0. The van der Waals surface area contributed by atoms with Crippen LogP contribution in [0.1, 0.15) is 37.7 Å². The van der Waals surface area contributed by atoms with Crippen molar-refractivity contribution in [3.63, 3.8) is 0 Å². The van der Waals surface area contributed by atoms with Crippen LogP contribution in [0.3, 0.4) is 0 Å². The van der Waals surface area contributed by atoms with Gasteiger partial charge in [-0.2, -0.15) is 4.31 Å². The van der Waals surface area contributed by atoms with Crippen molar-refractivity contribution in [1.29, 1.82) is 0 Å². The number of hydrogen-bond donors (Lipinski definition) is 1. The average molecular weight is 308 g/mol. The Morgan fingerprint density at radius 3 is 2.67 bits per heavy atom. The van der Waals surface area contributed by atoms with E-state index in [9.17, 15) is 8.42 Å². The molecular weight excluding hydrogens is 284 g/mol. The van der Waals surface area contributed by atoms with Gasteiger partial charge in [0.15, 0.2) is 0 Å². The lowest BCUT2D eigenvalue weighted by Gasteiger charge is -2.38. The van der Waals surface area contributed by atoms with E-state index in [2.05, 4.69) is 5.32 Å². The summed E-state index contributed by atoms with van der Waals surface area (Å²) in [6.07, 6.45) is 5.31. The predicted molar refractivity (Wildman–Crippen MR) is 83.7 cm³/mol. The molecule has 2 saturated heterocycles. The normalized spacial score (nSPS) is 27.9. The lowest BCUT2D eigenvalue weighted by Crippen LogP contribution is -2.52. The highest BCUT2D eigenvalue weighted by molar-refractivity contribution is 7.89. The molecule has 1 N–H and O–H groups in total. The van der Waals surface area contributed by atoms with Gasteiger partial charge in [0.25, 0.3) is 0 Å². The zero-order valence-corrected chi connectivity index (χ0v) is 13.4. The maximum atomic E-state index is 13.1. The molecule has 2 aliphatic rings. The average Bonchev–Trinajstić information content (AvgIpc) is 3.01. The van der Waals surface area contributed by atoms with Crippen molar-refractivity contribution in [1.82, 2.24) is 9.62 Å². The maximum absolute atomic E-state index is 13.1. The van der Waals surface area contributed by atoms with E-state index in [4.69, 9.17) is 0 Å². The highest BCUT2D eigenvalue weighted by atomic mass is 32.2. The molecule has 4 nitrogen and oxygen atoms in total. The van der Waals surface area contributed by atoms with E-state index in [1.807, 2.05) is 25.1 Å². The molecule has 2 unspecified atom stereocenters. The van der Waals surface area contributed by atoms with Crippen LogP contribution < -0.4 is 5.32 Å². The van der Waals surface area contributed by atoms with Crippen LogP contribution in [0.15, 0.2) is 29.2 Å². The third-order valence-electron chi connectivity index (χ3n) is 4.74. The second-order valence-electron chi connectivity index (χ2n) is 6.15. The van der Waals surface area contributed by atoms with Crippen LogP contribution in [0, 0.1) is 6.92 Å². The summed E-state index contributed by atoms with van der Waals surface area (Å²) in [4.78, 5) is 0.467. The van der Waals surface area contributed by atoms with Gasteiger partial charge in [0, 0.05) is 18.6 Å². The van der Waals surface area contributed by atoms with Gasteiger partial charge >= 0.3 is 0 Å². The number of piperidine rings is 1. The zero-order valence-electron chi connectivity index (χ0n) is 12.6. The van der Waals surface area contributed by atoms with E-state index in [-0.39, 0.29) is 6.04 Å². The zero-order chi connectivity index (χ0) is 14.9. The SMILES string of the molecule is Cc1ccccc1S(=O)(=O)N1CCCCC1C1CCCN1. The van der Waals surface area contributed by atoms with Crippen molar-refractivity contribution in [3.05, 3.63) is 29.8 Å². The van der Waals surface area contributed by atoms with Crippen LogP contribution in [0.25, 0.3) is 0 Å². The summed E-state index contributed by atoms with van der Waals surface area (Å²) < 4.78 is 27.9. The van der Waals surface area contributed by atoms with E-state index < -0.39 is 10.0 Å². The Labute approximate surface area is 127 Å². The van der Waals surface area contributed by atoms with E-state index >= 15 is 0 Å². The molecule has 0 saturated carbocycles. The second-order valence-corrected chi connectivity index (χ2v) is 8.01. The van der Waals surface area contributed by atoms with Crippen LogP contribution >= 0.6 is 0 Å². The van der Waals surface area contributed by atoms with Crippen molar-refractivity contribution in [2.75, 3.05) is 13.1 Å². The second kappa shape index (κ2) is 6.07. The fourth-order valence-corrected chi connectivity index (χ4v) is 5.60. The number of nitrogens with zero attached hydrogens (tertiary/aromatic N) is 1. The molecule has 0 bridgehead atoms.